The van der Waals surface area contributed by atoms with E-state index in [1.165, 1.54) is 13.8 Å². The fourth-order valence-corrected chi connectivity index (χ4v) is 0.772. The SMILES string of the molecule is CC(C)(F)COc1ccccc1. The zero-order valence-electron chi connectivity index (χ0n) is 7.38. The van der Waals surface area contributed by atoms with E-state index in [0.29, 0.717) is 5.75 Å². The van der Waals surface area contributed by atoms with Crippen molar-refractivity contribution in [2.45, 2.75) is 19.5 Å². The molecule has 1 nitrogen and oxygen atoms in total. The van der Waals surface area contributed by atoms with E-state index in [1.807, 2.05) is 30.3 Å². The Labute approximate surface area is 72.2 Å². The van der Waals surface area contributed by atoms with Crippen LogP contribution in [0, 0.1) is 0 Å². The van der Waals surface area contributed by atoms with Crippen molar-refractivity contribution >= 4 is 0 Å². The smallest absolute Gasteiger partial charge is 0.139 e. The number of rotatable bonds is 3. The van der Waals surface area contributed by atoms with Gasteiger partial charge in [-0.2, -0.15) is 0 Å². The fraction of sp³-hybridized carbons (Fsp3) is 0.400. The molecule has 1 rings (SSSR count). The Bertz CT molecular complexity index is 225. The highest BCUT2D eigenvalue weighted by molar-refractivity contribution is 5.20. The second-order valence-electron chi connectivity index (χ2n) is 3.32. The lowest BCUT2D eigenvalue weighted by atomic mass is 10.2. The van der Waals surface area contributed by atoms with Crippen molar-refractivity contribution in [3.63, 3.8) is 0 Å². The third-order valence-corrected chi connectivity index (χ3v) is 1.33. The molecule has 0 unspecified atom stereocenters. The first-order valence-electron chi connectivity index (χ1n) is 3.95. The number of hydrogen-bond acceptors (Lipinski definition) is 1. The van der Waals surface area contributed by atoms with Gasteiger partial charge < -0.3 is 4.74 Å². The highest BCUT2D eigenvalue weighted by Gasteiger charge is 2.15. The highest BCUT2D eigenvalue weighted by atomic mass is 19.1. The Balaban J connectivity index is 2.44. The lowest BCUT2D eigenvalue weighted by Gasteiger charge is -2.14. The van der Waals surface area contributed by atoms with E-state index < -0.39 is 5.67 Å². The predicted molar refractivity (Wildman–Crippen MR) is 47.1 cm³/mol. The molecule has 2 heteroatoms. The fourth-order valence-electron chi connectivity index (χ4n) is 0.772. The second kappa shape index (κ2) is 3.57. The summed E-state index contributed by atoms with van der Waals surface area (Å²) in [5.41, 5.74) is -1.27. The molecule has 0 aliphatic carbocycles. The van der Waals surface area contributed by atoms with Crippen LogP contribution >= 0.6 is 0 Å². The summed E-state index contributed by atoms with van der Waals surface area (Å²) in [6.45, 7) is 3.09. The van der Waals surface area contributed by atoms with Crippen molar-refractivity contribution in [3.05, 3.63) is 30.3 Å². The average Bonchev–Trinajstić information content (AvgIpc) is 2.02. The molecule has 0 amide bonds. The molecule has 0 atom stereocenters. The summed E-state index contributed by atoms with van der Waals surface area (Å²) >= 11 is 0. The van der Waals surface area contributed by atoms with Gasteiger partial charge in [-0.1, -0.05) is 18.2 Å². The maximum Gasteiger partial charge on any atom is 0.139 e. The molecule has 1 aromatic rings. The van der Waals surface area contributed by atoms with Gasteiger partial charge in [0.2, 0.25) is 0 Å². The Morgan fingerprint density at radius 1 is 1.25 bits per heavy atom. The van der Waals surface area contributed by atoms with Gasteiger partial charge in [-0.25, -0.2) is 4.39 Å². The summed E-state index contributed by atoms with van der Waals surface area (Å²) < 4.78 is 18.1. The van der Waals surface area contributed by atoms with Gasteiger partial charge in [0.15, 0.2) is 0 Å². The summed E-state index contributed by atoms with van der Waals surface area (Å²) in [7, 11) is 0. The molecule has 12 heavy (non-hydrogen) atoms. The number of alkyl halides is 1. The predicted octanol–water partition coefficient (Wildman–Crippen LogP) is 2.81. The van der Waals surface area contributed by atoms with Crippen molar-refractivity contribution in [2.75, 3.05) is 6.61 Å². The molecule has 0 heterocycles. The molecule has 0 bridgehead atoms. The van der Waals surface area contributed by atoms with Crippen LogP contribution in [0.25, 0.3) is 0 Å². The lowest BCUT2D eigenvalue weighted by molar-refractivity contribution is 0.121. The average molecular weight is 168 g/mol. The van der Waals surface area contributed by atoms with E-state index in [9.17, 15) is 4.39 Å². The van der Waals surface area contributed by atoms with Crippen molar-refractivity contribution in [2.24, 2.45) is 0 Å². The first kappa shape index (κ1) is 9.04. The number of halogens is 1. The van der Waals surface area contributed by atoms with Crippen molar-refractivity contribution in [1.82, 2.24) is 0 Å². The van der Waals surface area contributed by atoms with Gasteiger partial charge in [0.05, 0.1) is 0 Å². The maximum absolute atomic E-state index is 12.9. The van der Waals surface area contributed by atoms with Crippen LogP contribution in [0.3, 0.4) is 0 Å². The Hall–Kier alpha value is -1.05. The normalized spacial score (nSPS) is 11.2. The van der Waals surface area contributed by atoms with Crippen molar-refractivity contribution in [1.29, 1.82) is 0 Å². The number of benzene rings is 1. The standard InChI is InChI=1S/C10H13FO/c1-10(2,11)8-12-9-6-4-3-5-7-9/h3-7H,8H2,1-2H3. The lowest BCUT2D eigenvalue weighted by Crippen LogP contribution is -2.22. The molecule has 0 aliphatic heterocycles. The minimum absolute atomic E-state index is 0.0943. The van der Waals surface area contributed by atoms with E-state index in [-0.39, 0.29) is 6.61 Å². The van der Waals surface area contributed by atoms with E-state index >= 15 is 0 Å². The summed E-state index contributed by atoms with van der Waals surface area (Å²) in [5.74, 6) is 0.711. The molecule has 0 radical (unpaired) electrons. The first-order valence-corrected chi connectivity index (χ1v) is 3.95. The van der Waals surface area contributed by atoms with Crippen LogP contribution in [0.5, 0.6) is 5.75 Å². The molecule has 0 saturated heterocycles. The molecule has 1 aromatic carbocycles. The Morgan fingerprint density at radius 3 is 2.33 bits per heavy atom. The van der Waals surface area contributed by atoms with Crippen LogP contribution in [0.1, 0.15) is 13.8 Å². The monoisotopic (exact) mass is 168 g/mol. The topological polar surface area (TPSA) is 9.23 Å². The zero-order valence-corrected chi connectivity index (χ0v) is 7.38. The molecule has 0 fully saturated rings. The summed E-state index contributed by atoms with van der Waals surface area (Å²) in [6.07, 6.45) is 0. The Morgan fingerprint density at radius 2 is 1.83 bits per heavy atom. The van der Waals surface area contributed by atoms with Crippen LogP contribution in [-0.4, -0.2) is 12.3 Å². The van der Waals surface area contributed by atoms with E-state index in [0.717, 1.165) is 0 Å². The minimum atomic E-state index is -1.27. The zero-order chi connectivity index (χ0) is 9.03. The number of para-hydroxylation sites is 1. The number of ether oxygens (including phenoxy) is 1. The van der Waals surface area contributed by atoms with Crippen molar-refractivity contribution in [3.8, 4) is 5.75 Å². The van der Waals surface area contributed by atoms with Gasteiger partial charge in [-0.05, 0) is 26.0 Å². The molecule has 0 aliphatic rings. The van der Waals surface area contributed by atoms with Crippen LogP contribution in [0.4, 0.5) is 4.39 Å². The third kappa shape index (κ3) is 3.37. The molecule has 0 N–H and O–H groups in total. The van der Waals surface area contributed by atoms with Crippen LogP contribution in [0.2, 0.25) is 0 Å². The largest absolute Gasteiger partial charge is 0.490 e. The molecule has 0 saturated carbocycles. The van der Waals surface area contributed by atoms with Crippen LogP contribution < -0.4 is 4.74 Å². The van der Waals surface area contributed by atoms with Gasteiger partial charge >= 0.3 is 0 Å². The van der Waals surface area contributed by atoms with Gasteiger partial charge in [0.25, 0.3) is 0 Å². The maximum atomic E-state index is 12.9. The second-order valence-corrected chi connectivity index (χ2v) is 3.32. The van der Waals surface area contributed by atoms with Crippen LogP contribution in [-0.2, 0) is 0 Å². The first-order chi connectivity index (χ1) is 5.58. The number of hydrogen-bond donors (Lipinski definition) is 0. The molecule has 0 aromatic heterocycles. The summed E-state index contributed by atoms with van der Waals surface area (Å²) in [6, 6.07) is 9.24. The minimum Gasteiger partial charge on any atom is -0.490 e. The summed E-state index contributed by atoms with van der Waals surface area (Å²) in [5, 5.41) is 0. The highest BCUT2D eigenvalue weighted by Crippen LogP contribution is 2.13. The van der Waals surface area contributed by atoms with E-state index in [1.54, 1.807) is 0 Å². The molecular weight excluding hydrogens is 155 g/mol. The van der Waals surface area contributed by atoms with Crippen LogP contribution in [0.15, 0.2) is 30.3 Å². The van der Waals surface area contributed by atoms with Gasteiger partial charge in [0.1, 0.15) is 18.0 Å². The Kier molecular flexibility index (Phi) is 2.69. The third-order valence-electron chi connectivity index (χ3n) is 1.33. The molecule has 66 valence electrons. The molecule has 0 spiro atoms. The van der Waals surface area contributed by atoms with Gasteiger partial charge in [-0.3, -0.25) is 0 Å². The van der Waals surface area contributed by atoms with E-state index in [4.69, 9.17) is 4.74 Å². The molecular formula is C10H13FO. The van der Waals surface area contributed by atoms with Gasteiger partial charge in [-0.15, -0.1) is 0 Å². The van der Waals surface area contributed by atoms with E-state index in [2.05, 4.69) is 0 Å². The van der Waals surface area contributed by atoms with Gasteiger partial charge in [0, 0.05) is 0 Å². The van der Waals surface area contributed by atoms with Crippen molar-refractivity contribution < 1.29 is 9.13 Å². The quantitative estimate of drug-likeness (QED) is 0.674. The summed E-state index contributed by atoms with van der Waals surface area (Å²) in [4.78, 5) is 0.